The van der Waals surface area contributed by atoms with Crippen LogP contribution in [-0.4, -0.2) is 7.05 Å². The monoisotopic (exact) mass is 303 g/mol. The Kier molecular flexibility index (Phi) is 5.27. The van der Waals surface area contributed by atoms with Crippen molar-refractivity contribution in [2.45, 2.75) is 33.4 Å². The van der Waals surface area contributed by atoms with Crippen molar-refractivity contribution >= 4 is 11.6 Å². The molecule has 0 saturated carbocycles. The topological polar surface area (TPSA) is 21.3 Å². The highest BCUT2D eigenvalue weighted by atomic mass is 35.5. The summed E-state index contributed by atoms with van der Waals surface area (Å²) in [5, 5.41) is 3.85. The Balaban J connectivity index is 2.14. The van der Waals surface area contributed by atoms with Gasteiger partial charge in [0.05, 0.1) is 5.02 Å². The van der Waals surface area contributed by atoms with Crippen LogP contribution < -0.4 is 10.1 Å². The van der Waals surface area contributed by atoms with Crippen LogP contribution in [0.5, 0.6) is 5.75 Å². The van der Waals surface area contributed by atoms with Crippen molar-refractivity contribution in [1.82, 2.24) is 5.32 Å². The van der Waals surface area contributed by atoms with Crippen molar-refractivity contribution in [3.05, 3.63) is 63.7 Å². The molecule has 0 amide bonds. The summed E-state index contributed by atoms with van der Waals surface area (Å²) in [5.41, 5.74) is 4.86. The van der Waals surface area contributed by atoms with Gasteiger partial charge in [-0.2, -0.15) is 0 Å². The molecule has 2 aromatic carbocycles. The smallest absolute Gasteiger partial charge is 0.138 e. The number of halogens is 1. The second-order valence-corrected chi connectivity index (χ2v) is 5.77. The van der Waals surface area contributed by atoms with Crippen LogP contribution in [0.3, 0.4) is 0 Å². The van der Waals surface area contributed by atoms with Crippen LogP contribution in [0.25, 0.3) is 0 Å². The van der Waals surface area contributed by atoms with E-state index in [9.17, 15) is 0 Å². The molecule has 0 aliphatic rings. The highest BCUT2D eigenvalue weighted by Crippen LogP contribution is 2.29. The molecule has 0 aliphatic heterocycles. The van der Waals surface area contributed by atoms with E-state index in [0.717, 1.165) is 11.3 Å². The molecule has 1 atom stereocenters. The lowest BCUT2D eigenvalue weighted by Gasteiger charge is -2.15. The minimum Gasteiger partial charge on any atom is -0.487 e. The van der Waals surface area contributed by atoms with Crippen molar-refractivity contribution in [3.8, 4) is 5.75 Å². The summed E-state index contributed by atoms with van der Waals surface area (Å²) in [6.07, 6.45) is 0. The third-order valence-corrected chi connectivity index (χ3v) is 4.20. The third kappa shape index (κ3) is 3.78. The van der Waals surface area contributed by atoms with Crippen LogP contribution in [-0.2, 0) is 6.61 Å². The SMILES string of the molecule is CNC(C)c1ccc(OCc2c(C)cccc2C)c(Cl)c1. The maximum Gasteiger partial charge on any atom is 0.138 e. The maximum absolute atomic E-state index is 6.32. The fourth-order valence-electron chi connectivity index (χ4n) is 2.30. The molecule has 0 radical (unpaired) electrons. The van der Waals surface area contributed by atoms with Crippen molar-refractivity contribution in [3.63, 3.8) is 0 Å². The van der Waals surface area contributed by atoms with Crippen LogP contribution in [0, 0.1) is 13.8 Å². The zero-order valence-corrected chi connectivity index (χ0v) is 13.8. The lowest BCUT2D eigenvalue weighted by atomic mass is 10.0. The zero-order valence-electron chi connectivity index (χ0n) is 13.0. The van der Waals surface area contributed by atoms with E-state index in [1.54, 1.807) is 0 Å². The number of hydrogen-bond acceptors (Lipinski definition) is 2. The van der Waals surface area contributed by atoms with Gasteiger partial charge in [-0.15, -0.1) is 0 Å². The molecule has 0 fully saturated rings. The number of aryl methyl sites for hydroxylation is 2. The Labute approximate surface area is 132 Å². The average molecular weight is 304 g/mol. The maximum atomic E-state index is 6.32. The van der Waals surface area contributed by atoms with E-state index < -0.39 is 0 Å². The number of ether oxygens (including phenoxy) is 1. The van der Waals surface area contributed by atoms with Crippen molar-refractivity contribution in [2.24, 2.45) is 0 Å². The van der Waals surface area contributed by atoms with E-state index in [1.165, 1.54) is 16.7 Å². The van der Waals surface area contributed by atoms with Crippen LogP contribution in [0.2, 0.25) is 5.02 Å². The summed E-state index contributed by atoms with van der Waals surface area (Å²) >= 11 is 6.32. The molecule has 0 heterocycles. The van der Waals surface area contributed by atoms with Gasteiger partial charge in [0.2, 0.25) is 0 Å². The molecule has 3 heteroatoms. The Morgan fingerprint density at radius 2 is 1.81 bits per heavy atom. The number of rotatable bonds is 5. The second-order valence-electron chi connectivity index (χ2n) is 5.36. The number of benzene rings is 2. The van der Waals surface area contributed by atoms with Crippen LogP contribution in [0.15, 0.2) is 36.4 Å². The van der Waals surface area contributed by atoms with Gasteiger partial charge in [0.25, 0.3) is 0 Å². The summed E-state index contributed by atoms with van der Waals surface area (Å²) in [6.45, 7) is 6.85. The number of nitrogens with one attached hydrogen (secondary N) is 1. The van der Waals surface area contributed by atoms with Crippen molar-refractivity contribution in [1.29, 1.82) is 0 Å². The van der Waals surface area contributed by atoms with Gasteiger partial charge in [-0.25, -0.2) is 0 Å². The van der Waals surface area contributed by atoms with Gasteiger partial charge in [-0.3, -0.25) is 0 Å². The lowest BCUT2D eigenvalue weighted by Crippen LogP contribution is -2.12. The van der Waals surface area contributed by atoms with Crippen molar-refractivity contribution < 1.29 is 4.74 Å². The molecule has 112 valence electrons. The molecular formula is C18H22ClNO. The molecule has 0 aliphatic carbocycles. The molecule has 1 N–H and O–H groups in total. The van der Waals surface area contributed by atoms with E-state index in [1.807, 2.05) is 25.2 Å². The van der Waals surface area contributed by atoms with E-state index in [2.05, 4.69) is 44.3 Å². The first-order chi connectivity index (χ1) is 10.0. The van der Waals surface area contributed by atoms with Gasteiger partial charge in [-0.05, 0) is 62.2 Å². The Morgan fingerprint density at radius 1 is 1.14 bits per heavy atom. The molecule has 2 nitrogen and oxygen atoms in total. The predicted octanol–water partition coefficient (Wildman–Crippen LogP) is 4.82. The fraction of sp³-hybridized carbons (Fsp3) is 0.333. The van der Waals surface area contributed by atoms with Gasteiger partial charge in [0.1, 0.15) is 12.4 Å². The largest absolute Gasteiger partial charge is 0.487 e. The minimum atomic E-state index is 0.273. The van der Waals surface area contributed by atoms with E-state index in [4.69, 9.17) is 16.3 Å². The first kappa shape index (κ1) is 15.9. The molecule has 2 aromatic rings. The Bertz CT molecular complexity index is 604. The molecule has 0 saturated heterocycles. The molecule has 2 rings (SSSR count). The average Bonchev–Trinajstić information content (AvgIpc) is 2.47. The molecule has 21 heavy (non-hydrogen) atoms. The van der Waals surface area contributed by atoms with Crippen molar-refractivity contribution in [2.75, 3.05) is 7.05 Å². The number of hydrogen-bond donors (Lipinski definition) is 1. The van der Waals surface area contributed by atoms with Gasteiger partial charge in [0, 0.05) is 6.04 Å². The first-order valence-electron chi connectivity index (χ1n) is 7.17. The fourth-order valence-corrected chi connectivity index (χ4v) is 2.54. The van der Waals surface area contributed by atoms with Gasteiger partial charge < -0.3 is 10.1 Å². The predicted molar refractivity (Wildman–Crippen MR) is 89.2 cm³/mol. The van der Waals surface area contributed by atoms with Gasteiger partial charge in [0.15, 0.2) is 0 Å². The highest BCUT2D eigenvalue weighted by molar-refractivity contribution is 6.32. The Hall–Kier alpha value is -1.51. The van der Waals surface area contributed by atoms with Crippen LogP contribution in [0.1, 0.15) is 35.2 Å². The van der Waals surface area contributed by atoms with E-state index in [-0.39, 0.29) is 6.04 Å². The second kappa shape index (κ2) is 6.97. The summed E-state index contributed by atoms with van der Waals surface area (Å²) in [7, 11) is 1.93. The highest BCUT2D eigenvalue weighted by Gasteiger charge is 2.09. The summed E-state index contributed by atoms with van der Waals surface area (Å²) in [6, 6.07) is 12.5. The summed E-state index contributed by atoms with van der Waals surface area (Å²) < 4.78 is 5.90. The van der Waals surface area contributed by atoms with E-state index in [0.29, 0.717) is 11.6 Å². The Morgan fingerprint density at radius 3 is 2.38 bits per heavy atom. The molecule has 1 unspecified atom stereocenters. The minimum absolute atomic E-state index is 0.273. The summed E-state index contributed by atoms with van der Waals surface area (Å²) in [4.78, 5) is 0. The third-order valence-electron chi connectivity index (χ3n) is 3.91. The van der Waals surface area contributed by atoms with Crippen LogP contribution >= 0.6 is 11.6 Å². The molecular weight excluding hydrogens is 282 g/mol. The van der Waals surface area contributed by atoms with E-state index >= 15 is 0 Å². The summed E-state index contributed by atoms with van der Waals surface area (Å²) in [5.74, 6) is 0.728. The normalized spacial score (nSPS) is 12.2. The van der Waals surface area contributed by atoms with Gasteiger partial charge >= 0.3 is 0 Å². The standard InChI is InChI=1S/C18H22ClNO/c1-12-6-5-7-13(2)16(12)11-21-18-9-8-15(10-17(18)19)14(3)20-4/h5-10,14,20H,11H2,1-4H3. The lowest BCUT2D eigenvalue weighted by molar-refractivity contribution is 0.304. The molecule has 0 spiro atoms. The first-order valence-corrected chi connectivity index (χ1v) is 7.55. The molecule has 0 bridgehead atoms. The zero-order chi connectivity index (χ0) is 15.4. The quantitative estimate of drug-likeness (QED) is 0.855. The van der Waals surface area contributed by atoms with Gasteiger partial charge in [-0.1, -0.05) is 35.9 Å². The van der Waals surface area contributed by atoms with Crippen LogP contribution in [0.4, 0.5) is 0 Å². The molecule has 0 aromatic heterocycles.